The Bertz CT molecular complexity index is 794. The molecule has 0 aromatic heterocycles. The van der Waals surface area contributed by atoms with Gasteiger partial charge in [0.2, 0.25) is 0 Å². The van der Waals surface area contributed by atoms with Crippen molar-refractivity contribution >= 4 is 39.0 Å². The first kappa shape index (κ1) is 18.6. The largest absolute Gasteiger partial charge is 0.466 e. The molecule has 0 saturated heterocycles. The molecule has 2 rings (SSSR count). The number of ether oxygens (including phenoxy) is 1. The number of nitrogens with zero attached hydrogens (tertiary/aromatic N) is 2. The van der Waals surface area contributed by atoms with Crippen molar-refractivity contribution < 1.29 is 14.5 Å². The van der Waals surface area contributed by atoms with E-state index in [1.54, 1.807) is 31.2 Å². The number of carbonyl (C=O) groups excluding carboxylic acids is 1. The zero-order chi connectivity index (χ0) is 18.2. The maximum Gasteiger partial charge on any atom is 0.311 e. The second-order valence-electron chi connectivity index (χ2n) is 4.94. The molecule has 0 bridgehead atoms. The van der Waals surface area contributed by atoms with Gasteiger partial charge < -0.3 is 4.74 Å². The maximum atomic E-state index is 11.8. The van der Waals surface area contributed by atoms with Crippen LogP contribution in [0.5, 0.6) is 0 Å². The minimum absolute atomic E-state index is 0.0490. The summed E-state index contributed by atoms with van der Waals surface area (Å²) in [7, 11) is 0. The topological polar surface area (TPSA) is 93.8 Å². The lowest BCUT2D eigenvalue weighted by Crippen LogP contribution is -2.14. The molecule has 0 unspecified atom stereocenters. The zero-order valence-electron chi connectivity index (χ0n) is 13.4. The number of nitro groups is 1. The standard InChI is InChI=1S/C17H16BrN3O4/c1-2-25-17(22)11-14(12-6-4-3-5-7-12)19-20-15-10-13(18)8-9-16(15)21(23)24/h3-10,20H,2,11H2,1H3. The van der Waals surface area contributed by atoms with Crippen molar-refractivity contribution in [2.45, 2.75) is 13.3 Å². The molecule has 0 aliphatic heterocycles. The summed E-state index contributed by atoms with van der Waals surface area (Å²) in [6, 6.07) is 13.6. The highest BCUT2D eigenvalue weighted by atomic mass is 79.9. The SMILES string of the molecule is CCOC(=O)CC(=NNc1cc(Br)ccc1[N+](=O)[O-])c1ccccc1. The molecule has 8 heteroatoms. The van der Waals surface area contributed by atoms with Crippen LogP contribution in [0.4, 0.5) is 11.4 Å². The number of hydrogen-bond donors (Lipinski definition) is 1. The molecule has 2 aromatic carbocycles. The quantitative estimate of drug-likeness (QED) is 0.323. The highest BCUT2D eigenvalue weighted by Gasteiger charge is 2.15. The van der Waals surface area contributed by atoms with Crippen LogP contribution < -0.4 is 5.43 Å². The Morgan fingerprint density at radius 2 is 2.00 bits per heavy atom. The summed E-state index contributed by atoms with van der Waals surface area (Å²) in [5.41, 5.74) is 3.94. The van der Waals surface area contributed by atoms with Gasteiger partial charge in [-0.15, -0.1) is 0 Å². The number of hydrazone groups is 1. The van der Waals surface area contributed by atoms with Crippen LogP contribution in [0.15, 0.2) is 58.1 Å². The maximum absolute atomic E-state index is 11.8. The van der Waals surface area contributed by atoms with Gasteiger partial charge >= 0.3 is 5.97 Å². The van der Waals surface area contributed by atoms with E-state index in [-0.39, 0.29) is 24.4 Å². The van der Waals surface area contributed by atoms with Gasteiger partial charge in [-0.3, -0.25) is 20.3 Å². The number of anilines is 1. The Kier molecular flexibility index (Phi) is 6.64. The predicted octanol–water partition coefficient (Wildman–Crippen LogP) is 4.13. The van der Waals surface area contributed by atoms with E-state index < -0.39 is 10.9 Å². The average molecular weight is 406 g/mol. The van der Waals surface area contributed by atoms with Gasteiger partial charge in [0.15, 0.2) is 0 Å². The van der Waals surface area contributed by atoms with E-state index in [0.29, 0.717) is 10.2 Å². The fourth-order valence-corrected chi connectivity index (χ4v) is 2.43. The third-order valence-electron chi connectivity index (χ3n) is 3.19. The zero-order valence-corrected chi connectivity index (χ0v) is 15.0. The summed E-state index contributed by atoms with van der Waals surface area (Å²) >= 11 is 3.27. The molecule has 0 aliphatic carbocycles. The molecule has 0 heterocycles. The van der Waals surface area contributed by atoms with Crippen LogP contribution in [-0.2, 0) is 9.53 Å². The molecule has 0 amide bonds. The number of hydrogen-bond acceptors (Lipinski definition) is 6. The van der Waals surface area contributed by atoms with E-state index in [2.05, 4.69) is 26.5 Å². The molecule has 130 valence electrons. The molecule has 0 fully saturated rings. The van der Waals surface area contributed by atoms with Gasteiger partial charge in [0.05, 0.1) is 23.7 Å². The van der Waals surface area contributed by atoms with E-state index in [4.69, 9.17) is 4.74 Å². The average Bonchev–Trinajstić information content (AvgIpc) is 2.59. The predicted molar refractivity (Wildman–Crippen MR) is 98.6 cm³/mol. The summed E-state index contributed by atoms with van der Waals surface area (Å²) in [5.74, 6) is -0.421. The molecule has 25 heavy (non-hydrogen) atoms. The third-order valence-corrected chi connectivity index (χ3v) is 3.68. The number of benzene rings is 2. The Morgan fingerprint density at radius 3 is 2.64 bits per heavy atom. The summed E-state index contributed by atoms with van der Waals surface area (Å²) in [6.07, 6.45) is -0.0490. The highest BCUT2D eigenvalue weighted by Crippen LogP contribution is 2.28. The molecule has 0 aliphatic rings. The van der Waals surface area contributed by atoms with Gasteiger partial charge in [-0.2, -0.15) is 5.10 Å². The highest BCUT2D eigenvalue weighted by molar-refractivity contribution is 9.10. The van der Waals surface area contributed by atoms with Crippen LogP contribution in [0.3, 0.4) is 0 Å². The van der Waals surface area contributed by atoms with Crippen LogP contribution >= 0.6 is 15.9 Å². The van der Waals surface area contributed by atoms with Gasteiger partial charge in [0, 0.05) is 10.5 Å². The van der Waals surface area contributed by atoms with Crippen LogP contribution in [0.1, 0.15) is 18.9 Å². The van der Waals surface area contributed by atoms with Gasteiger partial charge in [0.1, 0.15) is 5.69 Å². The number of esters is 1. The summed E-state index contributed by atoms with van der Waals surface area (Å²) in [5, 5.41) is 15.3. The fraction of sp³-hybridized carbons (Fsp3) is 0.176. The van der Waals surface area contributed by atoms with E-state index in [1.165, 1.54) is 6.07 Å². The van der Waals surface area contributed by atoms with Crippen molar-refractivity contribution in [3.8, 4) is 0 Å². The van der Waals surface area contributed by atoms with Crippen LogP contribution in [0, 0.1) is 10.1 Å². The Balaban J connectivity index is 2.33. The molecule has 0 saturated carbocycles. The molecule has 0 radical (unpaired) electrons. The van der Waals surface area contributed by atoms with E-state index in [0.717, 1.165) is 5.56 Å². The monoisotopic (exact) mass is 405 g/mol. The van der Waals surface area contributed by atoms with Gasteiger partial charge in [-0.05, 0) is 24.6 Å². The molecular formula is C17H16BrN3O4. The molecule has 1 N–H and O–H groups in total. The minimum atomic E-state index is -0.502. The van der Waals surface area contributed by atoms with E-state index in [1.807, 2.05) is 18.2 Å². The van der Waals surface area contributed by atoms with Gasteiger partial charge in [-0.25, -0.2) is 0 Å². The summed E-state index contributed by atoms with van der Waals surface area (Å²) in [6.45, 7) is 1.99. The van der Waals surface area contributed by atoms with Crippen molar-refractivity contribution in [2.24, 2.45) is 5.10 Å². The fourth-order valence-electron chi connectivity index (χ4n) is 2.07. The Labute approximate surface area is 153 Å². The number of rotatable bonds is 7. The minimum Gasteiger partial charge on any atom is -0.466 e. The molecule has 2 aromatic rings. The molecule has 7 nitrogen and oxygen atoms in total. The summed E-state index contributed by atoms with van der Waals surface area (Å²) < 4.78 is 5.63. The third kappa shape index (κ3) is 5.39. The number of nitrogens with one attached hydrogen (secondary N) is 1. The summed E-state index contributed by atoms with van der Waals surface area (Å²) in [4.78, 5) is 22.5. The van der Waals surface area contributed by atoms with Crippen molar-refractivity contribution in [3.63, 3.8) is 0 Å². The van der Waals surface area contributed by atoms with E-state index in [9.17, 15) is 14.9 Å². The molecular weight excluding hydrogens is 390 g/mol. The second kappa shape index (κ2) is 8.93. The van der Waals surface area contributed by atoms with Gasteiger partial charge in [0.25, 0.3) is 5.69 Å². The van der Waals surface area contributed by atoms with Crippen molar-refractivity contribution in [1.29, 1.82) is 0 Å². The Morgan fingerprint density at radius 1 is 1.28 bits per heavy atom. The number of nitro benzene ring substituents is 1. The van der Waals surface area contributed by atoms with Crippen molar-refractivity contribution in [3.05, 3.63) is 68.7 Å². The molecule has 0 atom stereocenters. The van der Waals surface area contributed by atoms with Crippen LogP contribution in [-0.4, -0.2) is 23.2 Å². The lowest BCUT2D eigenvalue weighted by molar-refractivity contribution is -0.384. The lowest BCUT2D eigenvalue weighted by atomic mass is 10.1. The normalized spacial score (nSPS) is 11.0. The lowest BCUT2D eigenvalue weighted by Gasteiger charge is -2.08. The van der Waals surface area contributed by atoms with Gasteiger partial charge in [-0.1, -0.05) is 46.3 Å². The van der Waals surface area contributed by atoms with Crippen LogP contribution in [0.25, 0.3) is 0 Å². The van der Waals surface area contributed by atoms with Crippen molar-refractivity contribution in [1.82, 2.24) is 0 Å². The van der Waals surface area contributed by atoms with Crippen molar-refractivity contribution in [2.75, 3.05) is 12.0 Å². The Hall–Kier alpha value is -2.74. The first-order valence-electron chi connectivity index (χ1n) is 7.48. The second-order valence-corrected chi connectivity index (χ2v) is 5.85. The number of carbonyl (C=O) groups is 1. The molecule has 0 spiro atoms. The number of halogens is 1. The smallest absolute Gasteiger partial charge is 0.311 e. The first-order chi connectivity index (χ1) is 12.0. The van der Waals surface area contributed by atoms with Crippen LogP contribution in [0.2, 0.25) is 0 Å². The van der Waals surface area contributed by atoms with E-state index >= 15 is 0 Å². The first-order valence-corrected chi connectivity index (χ1v) is 8.28.